The lowest BCUT2D eigenvalue weighted by molar-refractivity contribution is 0.380. The highest BCUT2D eigenvalue weighted by atomic mass is 79.9. The van der Waals surface area contributed by atoms with Crippen molar-refractivity contribution in [1.29, 1.82) is 0 Å². The minimum atomic E-state index is -1.41. The standard InChI is InChI=1S/C12H10BrF/c13-12(14)9-5-4-8-11(12)10-6-2-1-3-7-10/h1-8H,9H2. The molecule has 1 aromatic rings. The highest BCUT2D eigenvalue weighted by Gasteiger charge is 2.31. The lowest BCUT2D eigenvalue weighted by Gasteiger charge is -2.23. The molecule has 0 saturated heterocycles. The summed E-state index contributed by atoms with van der Waals surface area (Å²) in [6.07, 6.45) is 5.91. The Labute approximate surface area is 91.3 Å². The van der Waals surface area contributed by atoms with Crippen LogP contribution in [0.5, 0.6) is 0 Å². The van der Waals surface area contributed by atoms with Gasteiger partial charge in [0.15, 0.2) is 4.58 Å². The Kier molecular flexibility index (Phi) is 2.55. The fraction of sp³-hybridized carbons (Fsp3) is 0.167. The zero-order chi connectivity index (χ0) is 10.0. The van der Waals surface area contributed by atoms with Gasteiger partial charge in [-0.3, -0.25) is 0 Å². The molecule has 1 aliphatic carbocycles. The molecule has 72 valence electrons. The minimum Gasteiger partial charge on any atom is -0.226 e. The average Bonchev–Trinajstić information content (AvgIpc) is 2.18. The fourth-order valence-electron chi connectivity index (χ4n) is 1.54. The molecule has 0 fully saturated rings. The van der Waals surface area contributed by atoms with Gasteiger partial charge in [-0.15, -0.1) is 0 Å². The summed E-state index contributed by atoms with van der Waals surface area (Å²) in [7, 11) is 0. The van der Waals surface area contributed by atoms with E-state index in [2.05, 4.69) is 15.9 Å². The van der Waals surface area contributed by atoms with Gasteiger partial charge in [0, 0.05) is 12.0 Å². The molecule has 0 aromatic heterocycles. The van der Waals surface area contributed by atoms with Gasteiger partial charge in [0.25, 0.3) is 0 Å². The van der Waals surface area contributed by atoms with Gasteiger partial charge in [0.05, 0.1) is 0 Å². The molecule has 1 unspecified atom stereocenters. The Hall–Kier alpha value is -0.890. The first-order valence-electron chi connectivity index (χ1n) is 4.51. The maximum Gasteiger partial charge on any atom is 0.194 e. The van der Waals surface area contributed by atoms with E-state index in [4.69, 9.17) is 0 Å². The van der Waals surface area contributed by atoms with Crippen molar-refractivity contribution in [1.82, 2.24) is 0 Å². The van der Waals surface area contributed by atoms with Gasteiger partial charge in [-0.25, -0.2) is 4.39 Å². The van der Waals surface area contributed by atoms with Gasteiger partial charge in [-0.1, -0.05) is 48.6 Å². The number of benzene rings is 1. The zero-order valence-corrected chi connectivity index (χ0v) is 9.17. The predicted molar refractivity (Wildman–Crippen MR) is 60.9 cm³/mol. The highest BCUT2D eigenvalue weighted by Crippen LogP contribution is 2.41. The summed E-state index contributed by atoms with van der Waals surface area (Å²) in [5.74, 6) is 0. The number of halogens is 2. The molecule has 1 aromatic carbocycles. The van der Waals surface area contributed by atoms with Crippen LogP contribution >= 0.6 is 15.9 Å². The highest BCUT2D eigenvalue weighted by molar-refractivity contribution is 9.10. The van der Waals surface area contributed by atoms with Gasteiger partial charge < -0.3 is 0 Å². The van der Waals surface area contributed by atoms with Gasteiger partial charge in [0.1, 0.15) is 0 Å². The van der Waals surface area contributed by atoms with E-state index in [0.29, 0.717) is 12.0 Å². The smallest absolute Gasteiger partial charge is 0.194 e. The van der Waals surface area contributed by atoms with Crippen LogP contribution in [0.25, 0.3) is 5.57 Å². The number of allylic oxidation sites excluding steroid dienone is 4. The Balaban J connectivity index is 2.43. The molecule has 0 heterocycles. The second-order valence-corrected chi connectivity index (χ2v) is 4.54. The van der Waals surface area contributed by atoms with Gasteiger partial charge in [-0.05, 0) is 21.5 Å². The molecule has 2 heteroatoms. The van der Waals surface area contributed by atoms with Crippen LogP contribution in [0.1, 0.15) is 12.0 Å². The first-order chi connectivity index (χ1) is 6.70. The first-order valence-corrected chi connectivity index (χ1v) is 5.30. The maximum absolute atomic E-state index is 14.0. The molecule has 0 spiro atoms. The number of hydrogen-bond acceptors (Lipinski definition) is 0. The summed E-state index contributed by atoms with van der Waals surface area (Å²) in [5.41, 5.74) is 1.62. The van der Waals surface area contributed by atoms with Crippen molar-refractivity contribution in [2.75, 3.05) is 0 Å². The number of rotatable bonds is 1. The van der Waals surface area contributed by atoms with Crippen LogP contribution in [0.2, 0.25) is 0 Å². The lowest BCUT2D eigenvalue weighted by Crippen LogP contribution is -2.16. The van der Waals surface area contributed by atoms with Crippen molar-refractivity contribution in [2.24, 2.45) is 0 Å². The van der Waals surface area contributed by atoms with Crippen LogP contribution in [0.15, 0.2) is 48.6 Å². The molecule has 0 aliphatic heterocycles. The van der Waals surface area contributed by atoms with Crippen LogP contribution in [0.4, 0.5) is 4.39 Å². The third kappa shape index (κ3) is 1.80. The summed E-state index contributed by atoms with van der Waals surface area (Å²) >= 11 is 3.11. The molecule has 0 amide bonds. The summed E-state index contributed by atoms with van der Waals surface area (Å²) in [4.78, 5) is 0. The molecule has 0 bridgehead atoms. The van der Waals surface area contributed by atoms with E-state index in [0.717, 1.165) is 5.56 Å². The van der Waals surface area contributed by atoms with Gasteiger partial charge in [0.2, 0.25) is 0 Å². The molecule has 0 saturated carbocycles. The SMILES string of the molecule is FC1(Br)CC=CC=C1c1ccccc1. The molecule has 1 atom stereocenters. The van der Waals surface area contributed by atoms with Crippen molar-refractivity contribution in [2.45, 2.75) is 11.0 Å². The molecule has 0 radical (unpaired) electrons. The van der Waals surface area contributed by atoms with E-state index >= 15 is 0 Å². The molecular formula is C12H10BrF. The van der Waals surface area contributed by atoms with E-state index in [-0.39, 0.29) is 0 Å². The van der Waals surface area contributed by atoms with Gasteiger partial charge >= 0.3 is 0 Å². The summed E-state index contributed by atoms with van der Waals surface area (Å²) < 4.78 is 12.6. The topological polar surface area (TPSA) is 0 Å². The Bertz CT molecular complexity index is 377. The van der Waals surface area contributed by atoms with Crippen LogP contribution < -0.4 is 0 Å². The lowest BCUT2D eigenvalue weighted by atomic mass is 9.96. The van der Waals surface area contributed by atoms with E-state index in [1.54, 1.807) is 0 Å². The summed E-state index contributed by atoms with van der Waals surface area (Å²) in [5, 5.41) is 0. The van der Waals surface area contributed by atoms with Crippen molar-refractivity contribution in [3.8, 4) is 0 Å². The monoisotopic (exact) mass is 252 g/mol. The van der Waals surface area contributed by atoms with Crippen LogP contribution in [-0.2, 0) is 0 Å². The van der Waals surface area contributed by atoms with Crippen molar-refractivity contribution < 1.29 is 4.39 Å². The second-order valence-electron chi connectivity index (χ2n) is 3.28. The van der Waals surface area contributed by atoms with Crippen LogP contribution in [0.3, 0.4) is 0 Å². The fourth-order valence-corrected chi connectivity index (χ4v) is 2.09. The minimum absolute atomic E-state index is 0.383. The Morgan fingerprint density at radius 2 is 1.93 bits per heavy atom. The molecule has 0 nitrogen and oxygen atoms in total. The van der Waals surface area contributed by atoms with Gasteiger partial charge in [-0.2, -0.15) is 0 Å². The van der Waals surface area contributed by atoms with E-state index in [9.17, 15) is 4.39 Å². The van der Waals surface area contributed by atoms with Crippen LogP contribution in [0, 0.1) is 0 Å². The number of hydrogen-bond donors (Lipinski definition) is 0. The molecular weight excluding hydrogens is 243 g/mol. The van der Waals surface area contributed by atoms with Crippen LogP contribution in [-0.4, -0.2) is 4.58 Å². The zero-order valence-electron chi connectivity index (χ0n) is 7.58. The largest absolute Gasteiger partial charge is 0.226 e. The summed E-state index contributed by atoms with van der Waals surface area (Å²) in [6.45, 7) is 0. The van der Waals surface area contributed by atoms with E-state index in [1.807, 2.05) is 48.6 Å². The summed E-state index contributed by atoms with van der Waals surface area (Å²) in [6, 6.07) is 9.59. The van der Waals surface area contributed by atoms with Crippen molar-refractivity contribution >= 4 is 21.5 Å². The first kappa shape index (κ1) is 9.66. The third-order valence-corrected chi connectivity index (χ3v) is 3.00. The molecule has 1 aliphatic rings. The van der Waals surface area contributed by atoms with E-state index < -0.39 is 4.58 Å². The molecule has 0 N–H and O–H groups in total. The second kappa shape index (κ2) is 3.70. The van der Waals surface area contributed by atoms with Crippen molar-refractivity contribution in [3.63, 3.8) is 0 Å². The molecule has 2 rings (SSSR count). The maximum atomic E-state index is 14.0. The average molecular weight is 253 g/mol. The Morgan fingerprint density at radius 1 is 1.21 bits per heavy atom. The van der Waals surface area contributed by atoms with Crippen molar-refractivity contribution in [3.05, 3.63) is 54.1 Å². The predicted octanol–water partition coefficient (Wildman–Crippen LogP) is 4.09. The normalized spacial score (nSPS) is 26.0. The Morgan fingerprint density at radius 3 is 2.57 bits per heavy atom. The van der Waals surface area contributed by atoms with E-state index in [1.165, 1.54) is 0 Å². The quantitative estimate of drug-likeness (QED) is 0.661. The third-order valence-electron chi connectivity index (χ3n) is 2.25. The number of alkyl halides is 2. The molecule has 14 heavy (non-hydrogen) atoms.